The number of hydrogen-bond acceptors (Lipinski definition) is 2. The molecule has 2 heteroatoms. The Morgan fingerprint density at radius 3 is 1.30 bits per heavy atom. The lowest BCUT2D eigenvalue weighted by Gasteiger charge is -2.35. The Bertz CT molecular complexity index is 275. The van der Waals surface area contributed by atoms with Gasteiger partial charge in [-0.05, 0) is 43.4 Å². The third-order valence-corrected chi connectivity index (χ3v) is 6.70. The monoisotopic (exact) mass is 278 g/mol. The molecule has 0 spiro atoms. The molecule has 2 unspecified atom stereocenters. The maximum atomic E-state index is 2.62. The van der Waals surface area contributed by atoms with Crippen molar-refractivity contribution in [3.63, 3.8) is 0 Å². The molecule has 3 aliphatic rings. The number of nitrogens with zero attached hydrogens (tertiary/aromatic N) is 2. The average molecular weight is 278 g/mol. The fourth-order valence-electron chi connectivity index (χ4n) is 5.72. The van der Waals surface area contributed by atoms with E-state index in [0.717, 1.165) is 29.8 Å². The van der Waals surface area contributed by atoms with E-state index in [1.54, 1.807) is 0 Å². The van der Waals surface area contributed by atoms with Crippen molar-refractivity contribution in [2.75, 3.05) is 14.1 Å². The van der Waals surface area contributed by atoms with Gasteiger partial charge in [0.15, 0.2) is 0 Å². The molecule has 116 valence electrons. The van der Waals surface area contributed by atoms with Gasteiger partial charge in [0.2, 0.25) is 0 Å². The third kappa shape index (κ3) is 2.66. The summed E-state index contributed by atoms with van der Waals surface area (Å²) >= 11 is 0. The molecule has 0 aromatic rings. The summed E-state index contributed by atoms with van der Waals surface area (Å²) in [5.74, 6) is 2.77. The van der Waals surface area contributed by atoms with Crippen molar-refractivity contribution in [1.82, 2.24) is 10.0 Å². The maximum absolute atomic E-state index is 2.62. The molecule has 1 aliphatic heterocycles. The smallest absolute Gasteiger partial charge is 0.0312 e. The molecule has 3 rings (SSSR count). The second-order valence-corrected chi connectivity index (χ2v) is 7.78. The largest absolute Gasteiger partial charge is 0.241 e. The summed E-state index contributed by atoms with van der Waals surface area (Å²) in [5, 5.41) is 5.25. The Morgan fingerprint density at radius 2 is 0.950 bits per heavy atom. The van der Waals surface area contributed by atoms with Crippen LogP contribution in [0, 0.1) is 17.8 Å². The van der Waals surface area contributed by atoms with Crippen molar-refractivity contribution in [3.8, 4) is 0 Å². The van der Waals surface area contributed by atoms with Crippen molar-refractivity contribution < 1.29 is 0 Å². The van der Waals surface area contributed by atoms with Gasteiger partial charge in [0.1, 0.15) is 0 Å². The molecule has 2 aliphatic carbocycles. The van der Waals surface area contributed by atoms with Crippen LogP contribution in [0.15, 0.2) is 0 Å². The first-order valence-corrected chi connectivity index (χ1v) is 9.15. The molecule has 0 N–H and O–H groups in total. The van der Waals surface area contributed by atoms with E-state index in [9.17, 15) is 0 Å². The second-order valence-electron chi connectivity index (χ2n) is 7.78. The van der Waals surface area contributed by atoms with Crippen molar-refractivity contribution in [1.29, 1.82) is 0 Å². The fraction of sp³-hybridized carbons (Fsp3) is 1.00. The van der Waals surface area contributed by atoms with E-state index in [2.05, 4.69) is 31.0 Å². The molecule has 0 bridgehead atoms. The molecule has 2 nitrogen and oxygen atoms in total. The van der Waals surface area contributed by atoms with E-state index >= 15 is 0 Å². The van der Waals surface area contributed by atoms with Crippen LogP contribution in [0.2, 0.25) is 0 Å². The van der Waals surface area contributed by atoms with Crippen LogP contribution in [0.1, 0.15) is 71.1 Å². The summed E-state index contributed by atoms with van der Waals surface area (Å²) in [4.78, 5) is 0. The summed E-state index contributed by atoms with van der Waals surface area (Å²) < 4.78 is 0. The standard InChI is InChI=1S/C18H34N2/c1-14-17(15-10-6-4-7-11-15)19(2)20(3)18(14)16-12-8-5-9-13-16/h14-18H,4-13H2,1-3H3. The highest BCUT2D eigenvalue weighted by Gasteiger charge is 2.47. The van der Waals surface area contributed by atoms with Gasteiger partial charge >= 0.3 is 0 Å². The lowest BCUT2D eigenvalue weighted by Crippen LogP contribution is -2.42. The van der Waals surface area contributed by atoms with Crippen LogP contribution >= 0.6 is 0 Å². The molecule has 2 saturated carbocycles. The van der Waals surface area contributed by atoms with Gasteiger partial charge < -0.3 is 0 Å². The van der Waals surface area contributed by atoms with Crippen molar-refractivity contribution in [2.24, 2.45) is 17.8 Å². The van der Waals surface area contributed by atoms with Crippen molar-refractivity contribution in [2.45, 2.75) is 83.2 Å². The Morgan fingerprint density at radius 1 is 0.600 bits per heavy atom. The molecule has 0 aromatic carbocycles. The third-order valence-electron chi connectivity index (χ3n) is 6.70. The quantitative estimate of drug-likeness (QED) is 0.742. The number of hydrogen-bond donors (Lipinski definition) is 0. The highest BCUT2D eigenvalue weighted by Crippen LogP contribution is 2.43. The SMILES string of the molecule is CC1C(C2CCCCC2)N(C)N(C)C1C1CCCCC1. The topological polar surface area (TPSA) is 6.48 Å². The lowest BCUT2D eigenvalue weighted by molar-refractivity contribution is -0.0123. The summed E-state index contributed by atoms with van der Waals surface area (Å²) in [5.41, 5.74) is 0. The molecule has 1 saturated heterocycles. The van der Waals surface area contributed by atoms with Crippen LogP contribution in [-0.4, -0.2) is 36.2 Å². The Hall–Kier alpha value is -0.0800. The van der Waals surface area contributed by atoms with Crippen LogP contribution in [-0.2, 0) is 0 Å². The fourth-order valence-corrected chi connectivity index (χ4v) is 5.72. The predicted octanol–water partition coefficient (Wildman–Crippen LogP) is 4.31. The summed E-state index contributed by atoms with van der Waals surface area (Å²) in [7, 11) is 4.72. The van der Waals surface area contributed by atoms with E-state index in [1.807, 2.05) is 0 Å². The summed E-state index contributed by atoms with van der Waals surface area (Å²) in [6, 6.07) is 1.62. The van der Waals surface area contributed by atoms with Crippen LogP contribution in [0.5, 0.6) is 0 Å². The van der Waals surface area contributed by atoms with Crippen molar-refractivity contribution in [3.05, 3.63) is 0 Å². The summed E-state index contributed by atoms with van der Waals surface area (Å²) in [6.07, 6.45) is 14.7. The minimum atomic E-state index is 0.812. The van der Waals surface area contributed by atoms with E-state index < -0.39 is 0 Å². The second kappa shape index (κ2) is 6.36. The van der Waals surface area contributed by atoms with Crippen LogP contribution in [0.3, 0.4) is 0 Å². The minimum absolute atomic E-state index is 0.812. The molecular weight excluding hydrogens is 244 g/mol. The molecule has 0 radical (unpaired) electrons. The van der Waals surface area contributed by atoms with Gasteiger partial charge in [0.25, 0.3) is 0 Å². The normalized spacial score (nSPS) is 39.5. The van der Waals surface area contributed by atoms with Gasteiger partial charge in [0.05, 0.1) is 0 Å². The Labute approximate surface area is 125 Å². The first-order valence-electron chi connectivity index (χ1n) is 9.15. The first kappa shape index (κ1) is 14.8. The molecule has 3 fully saturated rings. The number of rotatable bonds is 2. The Balaban J connectivity index is 1.72. The molecule has 2 atom stereocenters. The predicted molar refractivity (Wildman–Crippen MR) is 85.4 cm³/mol. The van der Waals surface area contributed by atoms with Crippen LogP contribution in [0.25, 0.3) is 0 Å². The van der Waals surface area contributed by atoms with Crippen LogP contribution < -0.4 is 0 Å². The molecule has 0 aromatic heterocycles. The van der Waals surface area contributed by atoms with Gasteiger partial charge in [-0.1, -0.05) is 45.4 Å². The first-order chi connectivity index (χ1) is 9.70. The molecule has 20 heavy (non-hydrogen) atoms. The Kier molecular flexibility index (Phi) is 4.72. The minimum Gasteiger partial charge on any atom is -0.241 e. The van der Waals surface area contributed by atoms with Crippen molar-refractivity contribution >= 4 is 0 Å². The zero-order valence-electron chi connectivity index (χ0n) is 13.9. The van der Waals surface area contributed by atoms with Gasteiger partial charge in [-0.3, -0.25) is 0 Å². The average Bonchev–Trinajstić information content (AvgIpc) is 2.71. The zero-order chi connectivity index (χ0) is 14.1. The van der Waals surface area contributed by atoms with E-state index in [0.29, 0.717) is 0 Å². The van der Waals surface area contributed by atoms with E-state index in [1.165, 1.54) is 64.2 Å². The van der Waals surface area contributed by atoms with Crippen LogP contribution in [0.4, 0.5) is 0 Å². The highest BCUT2D eigenvalue weighted by atomic mass is 15.7. The van der Waals surface area contributed by atoms with E-state index in [-0.39, 0.29) is 0 Å². The van der Waals surface area contributed by atoms with Gasteiger partial charge in [-0.15, -0.1) is 0 Å². The van der Waals surface area contributed by atoms with Gasteiger partial charge in [0, 0.05) is 26.2 Å². The summed E-state index contributed by atoms with van der Waals surface area (Å²) in [6.45, 7) is 2.55. The molecular formula is C18H34N2. The maximum Gasteiger partial charge on any atom is 0.0312 e. The highest BCUT2D eigenvalue weighted by molar-refractivity contribution is 4.97. The lowest BCUT2D eigenvalue weighted by atomic mass is 9.73. The molecule has 0 amide bonds. The number of hydrazine groups is 1. The van der Waals surface area contributed by atoms with Gasteiger partial charge in [-0.25, -0.2) is 10.0 Å². The van der Waals surface area contributed by atoms with E-state index in [4.69, 9.17) is 0 Å². The van der Waals surface area contributed by atoms with Gasteiger partial charge in [-0.2, -0.15) is 0 Å². The molecule has 1 heterocycles. The zero-order valence-corrected chi connectivity index (χ0v) is 13.9.